The van der Waals surface area contributed by atoms with Gasteiger partial charge in [-0.05, 0) is 31.6 Å². The van der Waals surface area contributed by atoms with E-state index in [2.05, 4.69) is 17.6 Å². The Labute approximate surface area is 108 Å². The van der Waals surface area contributed by atoms with Crippen LogP contribution >= 0.6 is 0 Å². The molecule has 3 N–H and O–H groups in total. The summed E-state index contributed by atoms with van der Waals surface area (Å²) in [7, 11) is 0. The molecule has 1 aliphatic carbocycles. The standard InChI is InChI=1S/C13H24N2O3/c1-4-6-13(3,10(16)17)15-11(18)14-9-12(2)7-5-8-12/h4-9H2,1-3H3,(H,16,17)(H2,14,15,18). The molecule has 1 atom stereocenters. The smallest absolute Gasteiger partial charge is 0.329 e. The van der Waals surface area contributed by atoms with Gasteiger partial charge in [0.15, 0.2) is 0 Å². The summed E-state index contributed by atoms with van der Waals surface area (Å²) in [6.45, 7) is 6.19. The van der Waals surface area contributed by atoms with Gasteiger partial charge in [0.25, 0.3) is 0 Å². The quantitative estimate of drug-likeness (QED) is 0.681. The van der Waals surface area contributed by atoms with E-state index in [4.69, 9.17) is 5.11 Å². The van der Waals surface area contributed by atoms with Gasteiger partial charge in [0.2, 0.25) is 0 Å². The van der Waals surface area contributed by atoms with E-state index < -0.39 is 11.5 Å². The first-order valence-electron chi connectivity index (χ1n) is 6.61. The average molecular weight is 256 g/mol. The minimum atomic E-state index is -1.18. The molecule has 1 aliphatic rings. The van der Waals surface area contributed by atoms with Gasteiger partial charge in [-0.1, -0.05) is 26.7 Å². The number of aliphatic carboxylic acids is 1. The van der Waals surface area contributed by atoms with Crippen LogP contribution in [0.3, 0.4) is 0 Å². The van der Waals surface area contributed by atoms with Crippen molar-refractivity contribution in [3.63, 3.8) is 0 Å². The predicted octanol–water partition coefficient (Wildman–Crippen LogP) is 2.12. The van der Waals surface area contributed by atoms with E-state index in [-0.39, 0.29) is 11.4 Å². The number of carbonyl (C=O) groups excluding carboxylic acids is 1. The van der Waals surface area contributed by atoms with Crippen LogP contribution in [-0.4, -0.2) is 29.2 Å². The molecule has 0 bridgehead atoms. The van der Waals surface area contributed by atoms with Crippen molar-refractivity contribution in [1.29, 1.82) is 0 Å². The molecule has 104 valence electrons. The summed E-state index contributed by atoms with van der Waals surface area (Å²) in [4.78, 5) is 22.9. The first kappa shape index (κ1) is 14.8. The third-order valence-electron chi connectivity index (χ3n) is 3.85. The van der Waals surface area contributed by atoms with Gasteiger partial charge in [-0.15, -0.1) is 0 Å². The molecule has 1 saturated carbocycles. The number of hydrogen-bond donors (Lipinski definition) is 3. The Morgan fingerprint density at radius 3 is 2.39 bits per heavy atom. The van der Waals surface area contributed by atoms with Crippen molar-refractivity contribution in [1.82, 2.24) is 10.6 Å². The van der Waals surface area contributed by atoms with Crippen LogP contribution in [0.15, 0.2) is 0 Å². The molecule has 5 heteroatoms. The Balaban J connectivity index is 2.43. The zero-order valence-electron chi connectivity index (χ0n) is 11.5. The highest BCUT2D eigenvalue weighted by Crippen LogP contribution is 2.39. The lowest BCUT2D eigenvalue weighted by Crippen LogP contribution is -2.56. The fourth-order valence-corrected chi connectivity index (χ4v) is 2.27. The van der Waals surface area contributed by atoms with E-state index in [0.717, 1.165) is 12.8 Å². The molecule has 0 saturated heterocycles. The number of hydrogen-bond acceptors (Lipinski definition) is 2. The first-order valence-corrected chi connectivity index (χ1v) is 6.61. The highest BCUT2D eigenvalue weighted by Gasteiger charge is 2.35. The van der Waals surface area contributed by atoms with E-state index in [1.54, 1.807) is 6.92 Å². The molecule has 0 heterocycles. The number of carboxylic acids is 1. The third kappa shape index (κ3) is 3.62. The molecule has 18 heavy (non-hydrogen) atoms. The lowest BCUT2D eigenvalue weighted by molar-refractivity contribution is -0.144. The summed E-state index contributed by atoms with van der Waals surface area (Å²) in [6, 6.07) is -0.388. The van der Waals surface area contributed by atoms with Crippen LogP contribution in [0.25, 0.3) is 0 Å². The first-order chi connectivity index (χ1) is 8.31. The summed E-state index contributed by atoms with van der Waals surface area (Å²) in [5.74, 6) is -0.991. The molecule has 0 radical (unpaired) electrons. The summed E-state index contributed by atoms with van der Waals surface area (Å²) in [6.07, 6.45) is 4.59. The summed E-state index contributed by atoms with van der Waals surface area (Å²) >= 11 is 0. The molecule has 0 aromatic heterocycles. The van der Waals surface area contributed by atoms with Crippen molar-refractivity contribution >= 4 is 12.0 Å². The highest BCUT2D eigenvalue weighted by molar-refractivity contribution is 5.85. The SMILES string of the molecule is CCCC(C)(NC(=O)NCC1(C)CCC1)C(=O)O. The Bertz CT molecular complexity index is 326. The van der Waals surface area contributed by atoms with Gasteiger partial charge in [0.05, 0.1) is 0 Å². The molecule has 0 spiro atoms. The lowest BCUT2D eigenvalue weighted by atomic mass is 9.70. The van der Waals surface area contributed by atoms with Crippen molar-refractivity contribution in [2.75, 3.05) is 6.54 Å². The van der Waals surface area contributed by atoms with E-state index in [1.165, 1.54) is 6.42 Å². The second-order valence-corrected chi connectivity index (χ2v) is 5.86. The zero-order chi connectivity index (χ0) is 13.8. The summed E-state index contributed by atoms with van der Waals surface area (Å²) < 4.78 is 0. The van der Waals surface area contributed by atoms with Gasteiger partial charge in [0.1, 0.15) is 5.54 Å². The number of rotatable bonds is 6. The van der Waals surface area contributed by atoms with Gasteiger partial charge in [-0.25, -0.2) is 9.59 Å². The maximum Gasteiger partial charge on any atom is 0.329 e. The number of urea groups is 1. The fraction of sp³-hybridized carbons (Fsp3) is 0.846. The average Bonchev–Trinajstić information content (AvgIpc) is 2.23. The normalized spacial score (nSPS) is 20.4. The number of carbonyl (C=O) groups is 2. The molecular formula is C13H24N2O3. The van der Waals surface area contributed by atoms with Crippen LogP contribution in [0, 0.1) is 5.41 Å². The van der Waals surface area contributed by atoms with Gasteiger partial charge >= 0.3 is 12.0 Å². The molecule has 1 rings (SSSR count). The van der Waals surface area contributed by atoms with Crippen LogP contribution in [0.4, 0.5) is 4.79 Å². The maximum absolute atomic E-state index is 11.7. The van der Waals surface area contributed by atoms with Gasteiger partial charge in [-0.3, -0.25) is 0 Å². The van der Waals surface area contributed by atoms with E-state index in [0.29, 0.717) is 19.4 Å². The third-order valence-corrected chi connectivity index (χ3v) is 3.85. The Morgan fingerprint density at radius 2 is 2.00 bits per heavy atom. The fourth-order valence-electron chi connectivity index (χ4n) is 2.27. The minimum absolute atomic E-state index is 0.196. The van der Waals surface area contributed by atoms with Gasteiger partial charge < -0.3 is 15.7 Å². The molecule has 1 unspecified atom stereocenters. The van der Waals surface area contributed by atoms with Crippen molar-refractivity contribution in [2.24, 2.45) is 5.41 Å². The topological polar surface area (TPSA) is 78.4 Å². The monoisotopic (exact) mass is 256 g/mol. The van der Waals surface area contributed by atoms with Crippen LogP contribution < -0.4 is 10.6 Å². The van der Waals surface area contributed by atoms with Crippen molar-refractivity contribution in [2.45, 2.75) is 58.4 Å². The molecule has 1 fully saturated rings. The number of nitrogens with one attached hydrogen (secondary N) is 2. The number of carboxylic acid groups (broad SMARTS) is 1. The maximum atomic E-state index is 11.7. The van der Waals surface area contributed by atoms with E-state index in [1.807, 2.05) is 6.92 Å². The Hall–Kier alpha value is -1.26. The lowest BCUT2D eigenvalue weighted by Gasteiger charge is -2.38. The van der Waals surface area contributed by atoms with Crippen LogP contribution in [-0.2, 0) is 4.79 Å². The minimum Gasteiger partial charge on any atom is -0.480 e. The number of amides is 2. The summed E-state index contributed by atoms with van der Waals surface area (Å²) in [5.41, 5.74) is -0.985. The van der Waals surface area contributed by atoms with Gasteiger partial charge in [0, 0.05) is 6.54 Å². The van der Waals surface area contributed by atoms with Crippen LogP contribution in [0.5, 0.6) is 0 Å². The Kier molecular flexibility index (Phi) is 4.59. The summed E-state index contributed by atoms with van der Waals surface area (Å²) in [5, 5.41) is 14.5. The highest BCUT2D eigenvalue weighted by atomic mass is 16.4. The van der Waals surface area contributed by atoms with E-state index >= 15 is 0 Å². The van der Waals surface area contributed by atoms with Crippen LogP contribution in [0.1, 0.15) is 52.9 Å². The van der Waals surface area contributed by atoms with Crippen molar-refractivity contribution in [3.8, 4) is 0 Å². The van der Waals surface area contributed by atoms with E-state index in [9.17, 15) is 9.59 Å². The molecular weight excluding hydrogens is 232 g/mol. The second kappa shape index (κ2) is 5.59. The zero-order valence-corrected chi connectivity index (χ0v) is 11.5. The van der Waals surface area contributed by atoms with Crippen molar-refractivity contribution < 1.29 is 14.7 Å². The predicted molar refractivity (Wildman–Crippen MR) is 69.4 cm³/mol. The van der Waals surface area contributed by atoms with Crippen molar-refractivity contribution in [3.05, 3.63) is 0 Å². The molecule has 0 aliphatic heterocycles. The molecule has 0 aromatic rings. The molecule has 5 nitrogen and oxygen atoms in total. The second-order valence-electron chi connectivity index (χ2n) is 5.86. The van der Waals surface area contributed by atoms with Crippen LogP contribution in [0.2, 0.25) is 0 Å². The molecule has 2 amide bonds. The largest absolute Gasteiger partial charge is 0.480 e. The van der Waals surface area contributed by atoms with Gasteiger partial charge in [-0.2, -0.15) is 0 Å². The molecule has 0 aromatic carbocycles. The Morgan fingerprint density at radius 1 is 1.39 bits per heavy atom.